The predicted molar refractivity (Wildman–Crippen MR) is 92.1 cm³/mol. The van der Waals surface area contributed by atoms with Crippen molar-refractivity contribution in [2.45, 2.75) is 6.92 Å². The average molecular weight is 320 g/mol. The maximum Gasteiger partial charge on any atom is 0.256 e. The molecule has 0 bridgehead atoms. The molecule has 0 spiro atoms. The third-order valence-electron chi connectivity index (χ3n) is 3.23. The van der Waals surface area contributed by atoms with E-state index in [9.17, 15) is 4.79 Å². The van der Waals surface area contributed by atoms with Crippen molar-refractivity contribution in [3.63, 3.8) is 0 Å². The molecule has 0 aliphatic rings. The molecule has 0 saturated carbocycles. The zero-order valence-corrected chi connectivity index (χ0v) is 13.1. The number of anilines is 2. The molecule has 6 heteroatoms. The molecule has 2 aromatic heterocycles. The second-order valence-electron chi connectivity index (χ2n) is 5.19. The smallest absolute Gasteiger partial charge is 0.256 e. The highest BCUT2D eigenvalue weighted by molar-refractivity contribution is 6.04. The molecule has 1 amide bonds. The summed E-state index contributed by atoms with van der Waals surface area (Å²) in [6.45, 7) is 1.89. The van der Waals surface area contributed by atoms with E-state index in [-0.39, 0.29) is 5.91 Å². The number of pyridine rings is 2. The van der Waals surface area contributed by atoms with E-state index in [1.807, 2.05) is 13.0 Å². The number of benzene rings is 1. The Bertz CT molecular complexity index is 880. The molecule has 0 radical (unpaired) electrons. The molecule has 0 fully saturated rings. The maximum atomic E-state index is 12.2. The van der Waals surface area contributed by atoms with Gasteiger partial charge < -0.3 is 15.8 Å². The van der Waals surface area contributed by atoms with Crippen LogP contribution in [0, 0.1) is 6.92 Å². The molecule has 3 rings (SSSR count). The first-order chi connectivity index (χ1) is 11.6. The van der Waals surface area contributed by atoms with E-state index in [2.05, 4.69) is 15.3 Å². The lowest BCUT2D eigenvalue weighted by Crippen LogP contribution is -2.13. The number of hydrogen-bond donors (Lipinski definition) is 2. The van der Waals surface area contributed by atoms with Gasteiger partial charge in [-0.1, -0.05) is 6.07 Å². The lowest BCUT2D eigenvalue weighted by molar-refractivity contribution is 0.102. The molecule has 2 heterocycles. The number of rotatable bonds is 4. The van der Waals surface area contributed by atoms with Crippen LogP contribution in [0.1, 0.15) is 16.1 Å². The fourth-order valence-corrected chi connectivity index (χ4v) is 2.13. The lowest BCUT2D eigenvalue weighted by Gasteiger charge is -2.09. The highest BCUT2D eigenvalue weighted by Gasteiger charge is 2.08. The normalized spacial score (nSPS) is 10.2. The van der Waals surface area contributed by atoms with Crippen LogP contribution < -0.4 is 15.8 Å². The van der Waals surface area contributed by atoms with Gasteiger partial charge >= 0.3 is 0 Å². The van der Waals surface area contributed by atoms with E-state index in [0.717, 1.165) is 5.69 Å². The van der Waals surface area contributed by atoms with Crippen LogP contribution in [0.5, 0.6) is 11.5 Å². The number of amides is 1. The van der Waals surface area contributed by atoms with Crippen LogP contribution in [0.15, 0.2) is 60.9 Å². The summed E-state index contributed by atoms with van der Waals surface area (Å²) in [6, 6.07) is 13.7. The van der Waals surface area contributed by atoms with Gasteiger partial charge in [0.1, 0.15) is 17.3 Å². The standard InChI is InChI=1S/C18H16N4O2/c1-12-9-15(5-7-20-12)24-16-6-8-21-17(11-16)22-18(23)13-3-2-4-14(19)10-13/h2-11H,19H2,1H3,(H,21,22,23). The van der Waals surface area contributed by atoms with E-state index < -0.39 is 0 Å². The van der Waals surface area contributed by atoms with Crippen LogP contribution in [0.2, 0.25) is 0 Å². The first-order valence-electron chi connectivity index (χ1n) is 7.33. The molecule has 24 heavy (non-hydrogen) atoms. The minimum Gasteiger partial charge on any atom is -0.457 e. The summed E-state index contributed by atoms with van der Waals surface area (Å²) >= 11 is 0. The molecule has 6 nitrogen and oxygen atoms in total. The Labute approximate surface area is 139 Å². The molecule has 3 N–H and O–H groups in total. The fourth-order valence-electron chi connectivity index (χ4n) is 2.13. The van der Waals surface area contributed by atoms with Gasteiger partial charge in [0.05, 0.1) is 0 Å². The molecule has 120 valence electrons. The molecular formula is C18H16N4O2. The second-order valence-corrected chi connectivity index (χ2v) is 5.19. The van der Waals surface area contributed by atoms with Gasteiger partial charge in [0.15, 0.2) is 0 Å². The largest absolute Gasteiger partial charge is 0.457 e. The van der Waals surface area contributed by atoms with Crippen molar-refractivity contribution in [2.75, 3.05) is 11.1 Å². The van der Waals surface area contributed by atoms with Crippen LogP contribution >= 0.6 is 0 Å². The Morgan fingerprint density at radius 3 is 2.54 bits per heavy atom. The number of aryl methyl sites for hydroxylation is 1. The third-order valence-corrected chi connectivity index (χ3v) is 3.23. The fraction of sp³-hybridized carbons (Fsp3) is 0.0556. The molecule has 0 unspecified atom stereocenters. The summed E-state index contributed by atoms with van der Waals surface area (Å²) in [6.07, 6.45) is 3.24. The third kappa shape index (κ3) is 3.86. The van der Waals surface area contributed by atoms with Crippen molar-refractivity contribution in [1.29, 1.82) is 0 Å². The maximum absolute atomic E-state index is 12.2. The van der Waals surface area contributed by atoms with Gasteiger partial charge in [-0.3, -0.25) is 9.78 Å². The first kappa shape index (κ1) is 15.5. The van der Waals surface area contributed by atoms with Gasteiger partial charge in [0.25, 0.3) is 5.91 Å². The molecule has 1 aromatic carbocycles. The molecule has 3 aromatic rings. The van der Waals surface area contributed by atoms with Crippen molar-refractivity contribution in [2.24, 2.45) is 0 Å². The Kier molecular flexibility index (Phi) is 4.38. The quantitative estimate of drug-likeness (QED) is 0.719. The van der Waals surface area contributed by atoms with Crippen LogP contribution in [0.25, 0.3) is 0 Å². The van der Waals surface area contributed by atoms with Crippen LogP contribution in [-0.4, -0.2) is 15.9 Å². The number of nitrogens with two attached hydrogens (primary N) is 1. The van der Waals surface area contributed by atoms with Crippen LogP contribution in [0.3, 0.4) is 0 Å². The number of aromatic nitrogens is 2. The molecule has 0 saturated heterocycles. The Morgan fingerprint density at radius 2 is 1.79 bits per heavy atom. The summed E-state index contributed by atoms with van der Waals surface area (Å²) < 4.78 is 5.75. The first-order valence-corrected chi connectivity index (χ1v) is 7.33. The lowest BCUT2D eigenvalue weighted by atomic mass is 10.2. The second kappa shape index (κ2) is 6.78. The number of ether oxygens (including phenoxy) is 1. The van der Waals surface area contributed by atoms with Gasteiger partial charge in [-0.25, -0.2) is 4.98 Å². The van der Waals surface area contributed by atoms with E-state index in [4.69, 9.17) is 10.5 Å². The van der Waals surface area contributed by atoms with Crippen molar-refractivity contribution in [3.05, 3.63) is 72.2 Å². The summed E-state index contributed by atoms with van der Waals surface area (Å²) in [4.78, 5) is 20.5. The molecular weight excluding hydrogens is 304 g/mol. The van der Waals surface area contributed by atoms with Gasteiger partial charge in [-0.2, -0.15) is 0 Å². The van der Waals surface area contributed by atoms with Gasteiger partial charge in [0.2, 0.25) is 0 Å². The average Bonchev–Trinajstić information content (AvgIpc) is 2.55. The minimum atomic E-state index is -0.285. The highest BCUT2D eigenvalue weighted by Crippen LogP contribution is 2.23. The van der Waals surface area contributed by atoms with Gasteiger partial charge in [-0.05, 0) is 37.3 Å². The van der Waals surface area contributed by atoms with Crippen molar-refractivity contribution in [3.8, 4) is 11.5 Å². The Balaban J connectivity index is 1.74. The van der Waals surface area contributed by atoms with E-state index in [0.29, 0.717) is 28.6 Å². The number of nitrogen functional groups attached to an aromatic ring is 1. The van der Waals surface area contributed by atoms with E-state index in [1.165, 1.54) is 0 Å². The summed E-state index contributed by atoms with van der Waals surface area (Å²) in [5.74, 6) is 1.35. The number of nitrogens with zero attached hydrogens (tertiary/aromatic N) is 2. The summed E-state index contributed by atoms with van der Waals surface area (Å²) in [7, 11) is 0. The zero-order chi connectivity index (χ0) is 16.9. The minimum absolute atomic E-state index is 0.285. The van der Waals surface area contributed by atoms with E-state index >= 15 is 0 Å². The van der Waals surface area contributed by atoms with Crippen molar-refractivity contribution >= 4 is 17.4 Å². The summed E-state index contributed by atoms with van der Waals surface area (Å²) in [5.41, 5.74) is 7.54. The van der Waals surface area contributed by atoms with Gasteiger partial charge in [-0.15, -0.1) is 0 Å². The van der Waals surface area contributed by atoms with Crippen molar-refractivity contribution < 1.29 is 9.53 Å². The number of hydrogen-bond acceptors (Lipinski definition) is 5. The SMILES string of the molecule is Cc1cc(Oc2ccnc(NC(=O)c3cccc(N)c3)c2)ccn1. The molecule has 0 aliphatic heterocycles. The number of carbonyl (C=O) groups is 1. The van der Waals surface area contributed by atoms with Crippen molar-refractivity contribution in [1.82, 2.24) is 9.97 Å². The number of nitrogens with one attached hydrogen (secondary N) is 1. The monoisotopic (exact) mass is 320 g/mol. The number of carbonyl (C=O) groups excluding carboxylic acids is 1. The predicted octanol–water partition coefficient (Wildman–Crippen LogP) is 3.41. The van der Waals surface area contributed by atoms with E-state index in [1.54, 1.807) is 54.9 Å². The Hall–Kier alpha value is -3.41. The van der Waals surface area contributed by atoms with Crippen LogP contribution in [0.4, 0.5) is 11.5 Å². The Morgan fingerprint density at radius 1 is 1.04 bits per heavy atom. The molecule has 0 atom stereocenters. The summed E-state index contributed by atoms with van der Waals surface area (Å²) in [5, 5.41) is 2.73. The van der Waals surface area contributed by atoms with Gasteiger partial charge in [0, 0.05) is 41.5 Å². The van der Waals surface area contributed by atoms with Crippen LogP contribution in [-0.2, 0) is 0 Å². The molecule has 0 aliphatic carbocycles. The highest BCUT2D eigenvalue weighted by atomic mass is 16.5. The topological polar surface area (TPSA) is 90.1 Å². The zero-order valence-electron chi connectivity index (χ0n) is 13.1.